The van der Waals surface area contributed by atoms with Gasteiger partial charge in [0.25, 0.3) is 0 Å². The standard InChI is InChI=1S/C33H29FN4O4/c1-21-30(36-33(40)42-20-22-6-4-3-5-7-22)31(23-8-15-28(41-2)16-9-23)37(32(21)39)27-14-17-29-24(18-27)19-35-38(29)26-12-10-25(34)11-13-26/h3-19,21,30-31H,20H2,1-2H3,(H,36,40)/t21-,30-,31+/m0/s1. The fraction of sp³-hybridized carbons (Fsp3) is 0.182. The number of carbonyl (C=O) groups is 2. The molecule has 0 spiro atoms. The maximum Gasteiger partial charge on any atom is 0.407 e. The quantitative estimate of drug-likeness (QED) is 0.255. The van der Waals surface area contributed by atoms with Gasteiger partial charge in [0.2, 0.25) is 5.91 Å². The van der Waals surface area contributed by atoms with Gasteiger partial charge in [-0.05, 0) is 65.7 Å². The molecule has 0 saturated carbocycles. The minimum atomic E-state index is -0.597. The van der Waals surface area contributed by atoms with Crippen LogP contribution in [0, 0.1) is 11.7 Å². The van der Waals surface area contributed by atoms with Crippen molar-refractivity contribution in [3.05, 3.63) is 120 Å². The van der Waals surface area contributed by atoms with Crippen molar-refractivity contribution in [2.24, 2.45) is 5.92 Å². The third kappa shape index (κ3) is 5.16. The lowest BCUT2D eigenvalue weighted by atomic mass is 9.94. The average molecular weight is 565 g/mol. The number of amides is 2. The van der Waals surface area contributed by atoms with Crippen molar-refractivity contribution in [2.45, 2.75) is 25.6 Å². The first kappa shape index (κ1) is 27.0. The smallest absolute Gasteiger partial charge is 0.407 e. The lowest BCUT2D eigenvalue weighted by Gasteiger charge is -2.29. The number of fused-ring (bicyclic) bond motifs is 1. The molecule has 1 N–H and O–H groups in total. The summed E-state index contributed by atoms with van der Waals surface area (Å²) in [7, 11) is 1.59. The molecule has 0 bridgehead atoms. The Morgan fingerprint density at radius 3 is 2.38 bits per heavy atom. The molecule has 1 aromatic heterocycles. The fourth-order valence-electron chi connectivity index (χ4n) is 5.45. The summed E-state index contributed by atoms with van der Waals surface area (Å²) in [5.74, 6) is -0.298. The Balaban J connectivity index is 1.33. The molecule has 3 atom stereocenters. The van der Waals surface area contributed by atoms with Crippen LogP contribution in [0.4, 0.5) is 14.9 Å². The Morgan fingerprint density at radius 1 is 0.952 bits per heavy atom. The van der Waals surface area contributed by atoms with Crippen LogP contribution in [0.15, 0.2) is 103 Å². The minimum Gasteiger partial charge on any atom is -0.497 e. The number of benzene rings is 4. The summed E-state index contributed by atoms with van der Waals surface area (Å²) < 4.78 is 26.1. The number of methoxy groups -OCH3 is 1. The van der Waals surface area contributed by atoms with Gasteiger partial charge in [-0.25, -0.2) is 13.9 Å². The van der Waals surface area contributed by atoms with E-state index >= 15 is 0 Å². The molecule has 0 unspecified atom stereocenters. The molecule has 1 saturated heterocycles. The molecular formula is C33H29FN4O4. The Labute approximate surface area is 242 Å². The van der Waals surface area contributed by atoms with Crippen LogP contribution >= 0.6 is 0 Å². The Morgan fingerprint density at radius 2 is 1.67 bits per heavy atom. The average Bonchev–Trinajstić information content (AvgIpc) is 3.55. The van der Waals surface area contributed by atoms with Crippen molar-refractivity contribution in [3.63, 3.8) is 0 Å². The molecule has 1 aliphatic heterocycles. The Bertz CT molecular complexity index is 1720. The van der Waals surface area contributed by atoms with Crippen molar-refractivity contribution in [1.29, 1.82) is 0 Å². The normalized spacial score (nSPS) is 18.3. The summed E-state index contributed by atoms with van der Waals surface area (Å²) >= 11 is 0. The summed E-state index contributed by atoms with van der Waals surface area (Å²) in [6.45, 7) is 1.93. The largest absolute Gasteiger partial charge is 0.497 e. The number of halogens is 1. The minimum absolute atomic E-state index is 0.118. The van der Waals surface area contributed by atoms with E-state index in [-0.39, 0.29) is 18.3 Å². The zero-order valence-corrected chi connectivity index (χ0v) is 23.1. The lowest BCUT2D eigenvalue weighted by molar-refractivity contribution is -0.120. The van der Waals surface area contributed by atoms with Crippen LogP contribution in [0.3, 0.4) is 0 Å². The van der Waals surface area contributed by atoms with Gasteiger partial charge in [-0.1, -0.05) is 49.4 Å². The highest BCUT2D eigenvalue weighted by Crippen LogP contribution is 2.41. The van der Waals surface area contributed by atoms with Crippen LogP contribution in [0.2, 0.25) is 0 Å². The third-order valence-corrected chi connectivity index (χ3v) is 7.64. The van der Waals surface area contributed by atoms with Crippen LogP contribution < -0.4 is 15.0 Å². The molecule has 9 heteroatoms. The highest BCUT2D eigenvalue weighted by Gasteiger charge is 2.48. The van der Waals surface area contributed by atoms with Gasteiger partial charge in [0, 0.05) is 11.1 Å². The maximum absolute atomic E-state index is 13.8. The zero-order valence-electron chi connectivity index (χ0n) is 23.1. The summed E-state index contributed by atoms with van der Waals surface area (Å²) in [6.07, 6.45) is 1.12. The van der Waals surface area contributed by atoms with Crippen LogP contribution in [0.25, 0.3) is 16.6 Å². The van der Waals surface area contributed by atoms with E-state index in [1.54, 1.807) is 35.0 Å². The van der Waals surface area contributed by atoms with E-state index in [9.17, 15) is 14.0 Å². The van der Waals surface area contributed by atoms with E-state index in [4.69, 9.17) is 9.47 Å². The zero-order chi connectivity index (χ0) is 29.2. The number of rotatable bonds is 7. The number of ether oxygens (including phenoxy) is 2. The Kier molecular flexibility index (Phi) is 7.31. The Hall–Kier alpha value is -5.18. The molecule has 2 heterocycles. The van der Waals surface area contributed by atoms with Crippen molar-refractivity contribution in [3.8, 4) is 11.4 Å². The van der Waals surface area contributed by atoms with E-state index in [1.807, 2.05) is 79.7 Å². The maximum atomic E-state index is 13.8. The number of nitrogens with zero attached hydrogens (tertiary/aromatic N) is 3. The molecule has 6 rings (SSSR count). The highest BCUT2D eigenvalue weighted by atomic mass is 19.1. The van der Waals surface area contributed by atoms with E-state index in [1.165, 1.54) is 12.1 Å². The van der Waals surface area contributed by atoms with E-state index in [2.05, 4.69) is 10.4 Å². The first-order valence-electron chi connectivity index (χ1n) is 13.6. The summed E-state index contributed by atoms with van der Waals surface area (Å²) in [5, 5.41) is 8.28. The molecule has 8 nitrogen and oxygen atoms in total. The molecule has 212 valence electrons. The van der Waals surface area contributed by atoms with Gasteiger partial charge < -0.3 is 19.7 Å². The molecule has 2 amide bonds. The highest BCUT2D eigenvalue weighted by molar-refractivity contribution is 6.01. The van der Waals surface area contributed by atoms with Gasteiger partial charge in [0.15, 0.2) is 0 Å². The van der Waals surface area contributed by atoms with Crippen LogP contribution in [-0.2, 0) is 16.1 Å². The van der Waals surface area contributed by atoms with E-state index < -0.39 is 24.1 Å². The lowest BCUT2D eigenvalue weighted by Crippen LogP contribution is -2.42. The molecule has 4 aromatic carbocycles. The van der Waals surface area contributed by atoms with Gasteiger partial charge in [-0.2, -0.15) is 5.10 Å². The van der Waals surface area contributed by atoms with E-state index in [0.717, 1.165) is 27.7 Å². The van der Waals surface area contributed by atoms with Crippen LogP contribution in [0.5, 0.6) is 5.75 Å². The first-order chi connectivity index (χ1) is 20.4. The number of aromatic nitrogens is 2. The van der Waals surface area contributed by atoms with Crippen LogP contribution in [0.1, 0.15) is 24.1 Å². The second-order valence-corrected chi connectivity index (χ2v) is 10.2. The predicted octanol–water partition coefficient (Wildman–Crippen LogP) is 6.19. The number of anilines is 1. The van der Waals surface area contributed by atoms with Gasteiger partial charge in [0.1, 0.15) is 18.2 Å². The van der Waals surface area contributed by atoms with Crippen molar-refractivity contribution < 1.29 is 23.5 Å². The van der Waals surface area contributed by atoms with Gasteiger partial charge in [0.05, 0.1) is 42.5 Å². The molecular weight excluding hydrogens is 535 g/mol. The van der Waals surface area contributed by atoms with Crippen molar-refractivity contribution >= 4 is 28.6 Å². The van der Waals surface area contributed by atoms with Crippen molar-refractivity contribution in [2.75, 3.05) is 12.0 Å². The number of nitrogens with one attached hydrogen (secondary N) is 1. The first-order valence-corrected chi connectivity index (χ1v) is 13.6. The molecule has 0 aliphatic carbocycles. The summed E-state index contributed by atoms with van der Waals surface area (Å²) in [4.78, 5) is 28.5. The second-order valence-electron chi connectivity index (χ2n) is 10.2. The third-order valence-electron chi connectivity index (χ3n) is 7.64. The molecule has 0 radical (unpaired) electrons. The van der Waals surface area contributed by atoms with Gasteiger partial charge in [-0.3, -0.25) is 4.79 Å². The monoisotopic (exact) mass is 564 g/mol. The molecule has 1 fully saturated rings. The number of hydrogen-bond acceptors (Lipinski definition) is 5. The van der Waals surface area contributed by atoms with Gasteiger partial charge in [-0.15, -0.1) is 0 Å². The number of hydrogen-bond donors (Lipinski definition) is 1. The fourth-order valence-corrected chi connectivity index (χ4v) is 5.45. The molecule has 42 heavy (non-hydrogen) atoms. The summed E-state index contributed by atoms with van der Waals surface area (Å²) in [5.41, 5.74) is 3.90. The van der Waals surface area contributed by atoms with Crippen LogP contribution in [-0.4, -0.2) is 34.9 Å². The second kappa shape index (κ2) is 11.4. The SMILES string of the molecule is COc1ccc([C@@H]2[C@@H](NC(=O)OCc3ccccc3)[C@H](C)C(=O)N2c2ccc3c(cnn3-c3ccc(F)cc3)c2)cc1. The summed E-state index contributed by atoms with van der Waals surface area (Å²) in [6, 6.07) is 27.6. The van der Waals surface area contributed by atoms with Crippen molar-refractivity contribution in [1.82, 2.24) is 15.1 Å². The topological polar surface area (TPSA) is 85.7 Å². The van der Waals surface area contributed by atoms with E-state index in [0.29, 0.717) is 11.4 Å². The molecule has 5 aromatic rings. The number of carbonyl (C=O) groups excluding carboxylic acids is 2. The number of alkyl carbamates (subject to hydrolysis) is 1. The van der Waals surface area contributed by atoms with Gasteiger partial charge >= 0.3 is 6.09 Å². The molecule has 1 aliphatic rings. The predicted molar refractivity (Wildman–Crippen MR) is 157 cm³/mol.